The highest BCUT2D eigenvalue weighted by Crippen LogP contribution is 2.29. The summed E-state index contributed by atoms with van der Waals surface area (Å²) in [4.78, 5) is 0. The Labute approximate surface area is 106 Å². The normalized spacial score (nSPS) is 11.5. The average molecular weight is 282 g/mol. The number of ether oxygens (including phenoxy) is 1. The Hall–Kier alpha value is -0.980. The SMILES string of the molecule is CC#CCC(NC)c1ccc(Br)cc1OC. The number of rotatable bonds is 4. The summed E-state index contributed by atoms with van der Waals surface area (Å²) in [7, 11) is 3.62. The maximum Gasteiger partial charge on any atom is 0.124 e. The Morgan fingerprint density at radius 2 is 2.25 bits per heavy atom. The van der Waals surface area contributed by atoms with E-state index in [0.717, 1.165) is 22.2 Å². The van der Waals surface area contributed by atoms with Gasteiger partial charge in [-0.25, -0.2) is 0 Å². The molecule has 0 bridgehead atoms. The predicted octanol–water partition coefficient (Wildman–Crippen LogP) is 3.13. The number of hydrogen-bond acceptors (Lipinski definition) is 2. The van der Waals surface area contributed by atoms with E-state index in [9.17, 15) is 0 Å². The van der Waals surface area contributed by atoms with Gasteiger partial charge in [-0.1, -0.05) is 22.0 Å². The molecule has 0 spiro atoms. The minimum absolute atomic E-state index is 0.204. The highest BCUT2D eigenvalue weighted by molar-refractivity contribution is 9.10. The van der Waals surface area contributed by atoms with Crippen LogP contribution in [-0.2, 0) is 0 Å². The molecule has 1 aromatic carbocycles. The van der Waals surface area contributed by atoms with Gasteiger partial charge in [0.1, 0.15) is 5.75 Å². The Kier molecular flexibility index (Phi) is 5.37. The molecule has 0 heterocycles. The quantitative estimate of drug-likeness (QED) is 0.857. The zero-order chi connectivity index (χ0) is 12.0. The van der Waals surface area contributed by atoms with Gasteiger partial charge in [-0.2, -0.15) is 0 Å². The third kappa shape index (κ3) is 3.26. The minimum Gasteiger partial charge on any atom is -0.496 e. The standard InChI is InChI=1S/C13H16BrNO/c1-4-5-6-12(15-2)11-8-7-10(14)9-13(11)16-3/h7-9,12,15H,6H2,1-3H3. The predicted molar refractivity (Wildman–Crippen MR) is 70.6 cm³/mol. The number of methoxy groups -OCH3 is 1. The summed E-state index contributed by atoms with van der Waals surface area (Å²) in [5.41, 5.74) is 1.14. The molecule has 0 aliphatic rings. The number of nitrogens with one attached hydrogen (secondary N) is 1. The molecule has 0 aliphatic carbocycles. The van der Waals surface area contributed by atoms with Gasteiger partial charge in [-0.05, 0) is 26.1 Å². The highest BCUT2D eigenvalue weighted by Gasteiger charge is 2.13. The number of hydrogen-bond donors (Lipinski definition) is 1. The number of halogens is 1. The lowest BCUT2D eigenvalue weighted by atomic mass is 10.0. The largest absolute Gasteiger partial charge is 0.496 e. The van der Waals surface area contributed by atoms with Crippen LogP contribution in [-0.4, -0.2) is 14.2 Å². The fraction of sp³-hybridized carbons (Fsp3) is 0.385. The van der Waals surface area contributed by atoms with Crippen molar-refractivity contribution in [2.75, 3.05) is 14.2 Å². The smallest absolute Gasteiger partial charge is 0.124 e. The van der Waals surface area contributed by atoms with Gasteiger partial charge < -0.3 is 10.1 Å². The molecule has 0 aromatic heterocycles. The second-order valence-electron chi connectivity index (χ2n) is 3.36. The van der Waals surface area contributed by atoms with Crippen molar-refractivity contribution in [3.63, 3.8) is 0 Å². The van der Waals surface area contributed by atoms with Gasteiger partial charge in [-0.15, -0.1) is 11.8 Å². The van der Waals surface area contributed by atoms with Crippen molar-refractivity contribution in [2.45, 2.75) is 19.4 Å². The minimum atomic E-state index is 0.204. The molecule has 1 rings (SSSR count). The molecule has 2 nitrogen and oxygen atoms in total. The molecule has 1 N–H and O–H groups in total. The maximum atomic E-state index is 5.37. The van der Waals surface area contributed by atoms with Gasteiger partial charge in [-0.3, -0.25) is 0 Å². The molecule has 1 unspecified atom stereocenters. The fourth-order valence-corrected chi connectivity index (χ4v) is 1.88. The summed E-state index contributed by atoms with van der Waals surface area (Å²) in [5.74, 6) is 6.88. The van der Waals surface area contributed by atoms with Crippen LogP contribution in [0.15, 0.2) is 22.7 Å². The molecular weight excluding hydrogens is 266 g/mol. The Morgan fingerprint density at radius 1 is 1.50 bits per heavy atom. The van der Waals surface area contributed by atoms with Crippen LogP contribution in [0.4, 0.5) is 0 Å². The zero-order valence-electron chi connectivity index (χ0n) is 9.80. The summed E-state index contributed by atoms with van der Waals surface area (Å²) in [5, 5.41) is 3.25. The Bertz CT molecular complexity index is 406. The van der Waals surface area contributed by atoms with E-state index in [1.807, 2.05) is 26.1 Å². The summed E-state index contributed by atoms with van der Waals surface area (Å²) in [6.45, 7) is 1.85. The van der Waals surface area contributed by atoms with E-state index in [2.05, 4.69) is 39.2 Å². The first-order valence-corrected chi connectivity index (χ1v) is 5.92. The van der Waals surface area contributed by atoms with Crippen molar-refractivity contribution in [1.29, 1.82) is 0 Å². The monoisotopic (exact) mass is 281 g/mol. The van der Waals surface area contributed by atoms with Crippen LogP contribution in [0.3, 0.4) is 0 Å². The first kappa shape index (κ1) is 13.1. The topological polar surface area (TPSA) is 21.3 Å². The third-order valence-corrected chi connectivity index (χ3v) is 2.90. The molecule has 0 radical (unpaired) electrons. The first-order chi connectivity index (χ1) is 7.72. The molecule has 1 atom stereocenters. The first-order valence-electron chi connectivity index (χ1n) is 5.13. The van der Waals surface area contributed by atoms with E-state index >= 15 is 0 Å². The molecule has 0 saturated carbocycles. The van der Waals surface area contributed by atoms with Crippen molar-refractivity contribution in [3.05, 3.63) is 28.2 Å². The lowest BCUT2D eigenvalue weighted by molar-refractivity contribution is 0.402. The van der Waals surface area contributed by atoms with Crippen molar-refractivity contribution >= 4 is 15.9 Å². The lowest BCUT2D eigenvalue weighted by Gasteiger charge is -2.17. The molecular formula is C13H16BrNO. The van der Waals surface area contributed by atoms with Gasteiger partial charge >= 0.3 is 0 Å². The molecule has 3 heteroatoms. The van der Waals surface area contributed by atoms with Crippen LogP contribution in [0.2, 0.25) is 0 Å². The fourth-order valence-electron chi connectivity index (χ4n) is 1.54. The van der Waals surface area contributed by atoms with Crippen LogP contribution in [0.1, 0.15) is 24.9 Å². The van der Waals surface area contributed by atoms with E-state index in [-0.39, 0.29) is 6.04 Å². The van der Waals surface area contributed by atoms with Crippen molar-refractivity contribution in [3.8, 4) is 17.6 Å². The molecule has 1 aromatic rings. The average Bonchev–Trinajstić information content (AvgIpc) is 2.31. The van der Waals surface area contributed by atoms with Crippen molar-refractivity contribution < 1.29 is 4.74 Å². The van der Waals surface area contributed by atoms with E-state index in [4.69, 9.17) is 4.74 Å². The van der Waals surface area contributed by atoms with Gasteiger partial charge in [0.2, 0.25) is 0 Å². The molecule has 0 aliphatic heterocycles. The summed E-state index contributed by atoms with van der Waals surface area (Å²) in [6.07, 6.45) is 0.783. The lowest BCUT2D eigenvalue weighted by Crippen LogP contribution is -2.16. The van der Waals surface area contributed by atoms with Gasteiger partial charge in [0, 0.05) is 22.5 Å². The molecule has 16 heavy (non-hydrogen) atoms. The van der Waals surface area contributed by atoms with E-state index in [0.29, 0.717) is 0 Å². The third-order valence-electron chi connectivity index (χ3n) is 2.40. The second-order valence-corrected chi connectivity index (χ2v) is 4.27. The van der Waals surface area contributed by atoms with Gasteiger partial charge in [0.15, 0.2) is 0 Å². The van der Waals surface area contributed by atoms with Crippen LogP contribution in [0.25, 0.3) is 0 Å². The summed E-state index contributed by atoms with van der Waals surface area (Å²) >= 11 is 3.43. The zero-order valence-corrected chi connectivity index (χ0v) is 11.4. The number of benzene rings is 1. The maximum absolute atomic E-state index is 5.37. The summed E-state index contributed by atoms with van der Waals surface area (Å²) in [6, 6.07) is 6.25. The van der Waals surface area contributed by atoms with E-state index in [1.165, 1.54) is 0 Å². The second kappa shape index (κ2) is 6.57. The van der Waals surface area contributed by atoms with Crippen LogP contribution in [0.5, 0.6) is 5.75 Å². The van der Waals surface area contributed by atoms with Crippen LogP contribution in [0, 0.1) is 11.8 Å². The molecule has 0 saturated heterocycles. The van der Waals surface area contributed by atoms with E-state index in [1.54, 1.807) is 7.11 Å². The Morgan fingerprint density at radius 3 is 2.81 bits per heavy atom. The molecule has 0 fully saturated rings. The van der Waals surface area contributed by atoms with Crippen molar-refractivity contribution in [1.82, 2.24) is 5.32 Å². The van der Waals surface area contributed by atoms with Crippen molar-refractivity contribution in [2.24, 2.45) is 0 Å². The molecule has 0 amide bonds. The highest BCUT2D eigenvalue weighted by atomic mass is 79.9. The van der Waals surface area contributed by atoms with Crippen LogP contribution < -0.4 is 10.1 Å². The van der Waals surface area contributed by atoms with Gasteiger partial charge in [0.05, 0.1) is 7.11 Å². The summed E-state index contributed by atoms with van der Waals surface area (Å²) < 4.78 is 6.39. The van der Waals surface area contributed by atoms with Crippen LogP contribution >= 0.6 is 15.9 Å². The Balaban J connectivity index is 3.02. The van der Waals surface area contributed by atoms with E-state index < -0.39 is 0 Å². The van der Waals surface area contributed by atoms with Gasteiger partial charge in [0.25, 0.3) is 0 Å². The molecule has 86 valence electrons.